The molecule has 0 aliphatic heterocycles. The van der Waals surface area contributed by atoms with Gasteiger partial charge in [-0.2, -0.15) is 4.98 Å². The fourth-order valence-electron chi connectivity index (χ4n) is 6.11. The summed E-state index contributed by atoms with van der Waals surface area (Å²) >= 11 is 0. The zero-order chi connectivity index (χ0) is 26.5. The van der Waals surface area contributed by atoms with Crippen molar-refractivity contribution in [1.29, 1.82) is 0 Å². The van der Waals surface area contributed by atoms with Gasteiger partial charge in [0.1, 0.15) is 5.82 Å². The largest absolute Gasteiger partial charge is 0.362 e. The van der Waals surface area contributed by atoms with E-state index in [-0.39, 0.29) is 23.5 Å². The summed E-state index contributed by atoms with van der Waals surface area (Å²) in [5.41, 5.74) is 1.66. The summed E-state index contributed by atoms with van der Waals surface area (Å²) in [4.78, 5) is 37.9. The standard InChI is InChI=1S/C31H39N5O2/c1-36(2)29-26-14-8-9-15-27(26)34-31(35-29)33-23-18-16-21(17-19-23)20-32-30(38)25-13-7-6-12-24(25)28(37)22-10-4-3-5-11-22/h3-5,8-11,14-15,21,23-25H,6-7,12-13,16-20H2,1-2H3,(H,32,38)(H,33,34,35)/t21-,23+,24-,25-/m1/s1. The zero-order valence-corrected chi connectivity index (χ0v) is 22.5. The average molecular weight is 514 g/mol. The molecule has 3 aromatic rings. The number of carbonyl (C=O) groups is 2. The van der Waals surface area contributed by atoms with E-state index in [9.17, 15) is 9.59 Å². The van der Waals surface area contributed by atoms with Gasteiger partial charge in [0.15, 0.2) is 5.78 Å². The molecule has 2 N–H and O–H groups in total. The summed E-state index contributed by atoms with van der Waals surface area (Å²) in [7, 11) is 4.01. The van der Waals surface area contributed by atoms with E-state index in [1.54, 1.807) is 0 Å². The molecule has 0 bridgehead atoms. The molecule has 0 unspecified atom stereocenters. The number of fused-ring (bicyclic) bond motifs is 1. The molecule has 1 amide bonds. The summed E-state index contributed by atoms with van der Waals surface area (Å²) < 4.78 is 0. The van der Waals surface area contributed by atoms with Gasteiger partial charge < -0.3 is 15.5 Å². The number of carbonyl (C=O) groups excluding carboxylic acids is 2. The number of hydrogen-bond donors (Lipinski definition) is 2. The van der Waals surface area contributed by atoms with E-state index in [2.05, 4.69) is 16.7 Å². The smallest absolute Gasteiger partial charge is 0.225 e. The minimum Gasteiger partial charge on any atom is -0.362 e. The number of amides is 1. The Morgan fingerprint density at radius 2 is 1.53 bits per heavy atom. The van der Waals surface area contributed by atoms with Crippen molar-refractivity contribution < 1.29 is 9.59 Å². The molecule has 0 saturated heterocycles. The van der Waals surface area contributed by atoms with Crippen molar-refractivity contribution in [1.82, 2.24) is 15.3 Å². The Morgan fingerprint density at radius 1 is 0.842 bits per heavy atom. The molecule has 1 aromatic heterocycles. The molecule has 5 rings (SSSR count). The number of Topliss-reactive ketones (excluding diaryl/α,β-unsaturated/α-hetero) is 1. The van der Waals surface area contributed by atoms with Crippen LogP contribution in [0.4, 0.5) is 11.8 Å². The van der Waals surface area contributed by atoms with Crippen molar-refractivity contribution in [3.63, 3.8) is 0 Å². The van der Waals surface area contributed by atoms with E-state index in [0.717, 1.165) is 73.7 Å². The number of nitrogens with zero attached hydrogens (tertiary/aromatic N) is 3. The summed E-state index contributed by atoms with van der Waals surface area (Å²) in [5, 5.41) is 7.84. The Bertz CT molecular complexity index is 1250. The maximum atomic E-state index is 13.2. The van der Waals surface area contributed by atoms with Gasteiger partial charge in [-0.05, 0) is 56.6 Å². The number of nitrogens with one attached hydrogen (secondary N) is 2. The summed E-state index contributed by atoms with van der Waals surface area (Å²) in [6.45, 7) is 0.686. The van der Waals surface area contributed by atoms with Gasteiger partial charge in [-0.25, -0.2) is 4.98 Å². The monoisotopic (exact) mass is 513 g/mol. The lowest BCUT2D eigenvalue weighted by Crippen LogP contribution is -2.42. The van der Waals surface area contributed by atoms with E-state index >= 15 is 0 Å². The van der Waals surface area contributed by atoms with Crippen LogP contribution < -0.4 is 15.5 Å². The fourth-order valence-corrected chi connectivity index (χ4v) is 6.11. The highest BCUT2D eigenvalue weighted by Crippen LogP contribution is 2.33. The quantitative estimate of drug-likeness (QED) is 0.388. The first kappa shape index (κ1) is 26.1. The molecule has 0 spiro atoms. The van der Waals surface area contributed by atoms with Crippen molar-refractivity contribution >= 4 is 34.4 Å². The molecular formula is C31H39N5O2. The van der Waals surface area contributed by atoms with E-state index in [4.69, 9.17) is 9.97 Å². The topological polar surface area (TPSA) is 87.2 Å². The first-order chi connectivity index (χ1) is 18.5. The molecule has 2 fully saturated rings. The Labute approximate surface area is 225 Å². The maximum Gasteiger partial charge on any atom is 0.225 e. The van der Waals surface area contributed by atoms with Gasteiger partial charge in [0.25, 0.3) is 0 Å². The van der Waals surface area contributed by atoms with Gasteiger partial charge in [-0.15, -0.1) is 0 Å². The minimum absolute atomic E-state index is 0.0556. The van der Waals surface area contributed by atoms with Gasteiger partial charge in [-0.3, -0.25) is 9.59 Å². The van der Waals surface area contributed by atoms with Crippen molar-refractivity contribution in [3.8, 4) is 0 Å². The third-order valence-corrected chi connectivity index (χ3v) is 8.25. The second-order valence-corrected chi connectivity index (χ2v) is 11.1. The third kappa shape index (κ3) is 5.98. The number of para-hydroxylation sites is 1. The van der Waals surface area contributed by atoms with Gasteiger partial charge in [0.05, 0.1) is 5.52 Å². The zero-order valence-electron chi connectivity index (χ0n) is 22.5. The molecular weight excluding hydrogens is 474 g/mol. The first-order valence-corrected chi connectivity index (χ1v) is 14.1. The molecule has 7 heteroatoms. The molecule has 38 heavy (non-hydrogen) atoms. The lowest BCUT2D eigenvalue weighted by atomic mass is 9.75. The van der Waals surface area contributed by atoms with E-state index in [1.165, 1.54) is 0 Å². The number of aromatic nitrogens is 2. The predicted octanol–water partition coefficient (Wildman–Crippen LogP) is 5.47. The molecule has 2 aliphatic carbocycles. The summed E-state index contributed by atoms with van der Waals surface area (Å²) in [6, 6.07) is 17.9. The highest BCUT2D eigenvalue weighted by Gasteiger charge is 2.36. The van der Waals surface area contributed by atoms with Crippen LogP contribution in [0, 0.1) is 17.8 Å². The SMILES string of the molecule is CN(C)c1nc(N[C@H]2CC[C@@H](CNC(=O)[C@@H]3CCCC[C@H]3C(=O)c3ccccc3)CC2)nc2ccccc12. The van der Waals surface area contributed by atoms with Crippen molar-refractivity contribution in [2.24, 2.45) is 17.8 Å². The second kappa shape index (κ2) is 11.9. The third-order valence-electron chi connectivity index (χ3n) is 8.25. The molecule has 200 valence electrons. The molecule has 7 nitrogen and oxygen atoms in total. The van der Waals surface area contributed by atoms with Crippen LogP contribution in [0.15, 0.2) is 54.6 Å². The summed E-state index contributed by atoms with van der Waals surface area (Å²) in [5.74, 6) is 1.80. The van der Waals surface area contributed by atoms with Crippen molar-refractivity contribution in [2.45, 2.75) is 57.4 Å². The Morgan fingerprint density at radius 3 is 2.26 bits per heavy atom. The molecule has 2 aromatic carbocycles. The van der Waals surface area contributed by atoms with Crippen LogP contribution >= 0.6 is 0 Å². The highest BCUT2D eigenvalue weighted by molar-refractivity contribution is 6.00. The molecule has 1 heterocycles. The molecule has 2 atom stereocenters. The lowest BCUT2D eigenvalue weighted by molar-refractivity contribution is -0.127. The Balaban J connectivity index is 1.13. The highest BCUT2D eigenvalue weighted by atomic mass is 16.2. The number of rotatable bonds is 8. The van der Waals surface area contributed by atoms with Crippen LogP contribution in [-0.4, -0.2) is 48.3 Å². The Kier molecular flexibility index (Phi) is 8.20. The van der Waals surface area contributed by atoms with Crippen molar-refractivity contribution in [2.75, 3.05) is 30.9 Å². The summed E-state index contributed by atoms with van der Waals surface area (Å²) in [6.07, 6.45) is 7.76. The number of ketones is 1. The van der Waals surface area contributed by atoms with E-state index in [1.807, 2.05) is 67.5 Å². The van der Waals surface area contributed by atoms with E-state index in [0.29, 0.717) is 24.5 Å². The average Bonchev–Trinajstić information content (AvgIpc) is 2.96. The molecule has 0 radical (unpaired) electrons. The van der Waals surface area contributed by atoms with Gasteiger partial charge >= 0.3 is 0 Å². The predicted molar refractivity (Wildman–Crippen MR) is 152 cm³/mol. The van der Waals surface area contributed by atoms with Crippen LogP contribution in [0.1, 0.15) is 61.7 Å². The van der Waals surface area contributed by atoms with Crippen LogP contribution in [0.5, 0.6) is 0 Å². The van der Waals surface area contributed by atoms with Gasteiger partial charge in [0, 0.05) is 49.5 Å². The van der Waals surface area contributed by atoms with Crippen LogP contribution in [0.25, 0.3) is 10.9 Å². The molecule has 2 saturated carbocycles. The second-order valence-electron chi connectivity index (χ2n) is 11.1. The van der Waals surface area contributed by atoms with Crippen LogP contribution in [-0.2, 0) is 4.79 Å². The van der Waals surface area contributed by atoms with Crippen LogP contribution in [0.3, 0.4) is 0 Å². The number of hydrogen-bond acceptors (Lipinski definition) is 6. The van der Waals surface area contributed by atoms with E-state index < -0.39 is 0 Å². The first-order valence-electron chi connectivity index (χ1n) is 14.1. The van der Waals surface area contributed by atoms with Gasteiger partial charge in [0.2, 0.25) is 11.9 Å². The van der Waals surface area contributed by atoms with Gasteiger partial charge in [-0.1, -0.05) is 55.3 Å². The maximum absolute atomic E-state index is 13.2. The molecule has 2 aliphatic rings. The number of benzene rings is 2. The Hall–Kier alpha value is -3.48. The van der Waals surface area contributed by atoms with Crippen LogP contribution in [0.2, 0.25) is 0 Å². The lowest BCUT2D eigenvalue weighted by Gasteiger charge is -2.32. The minimum atomic E-state index is -0.217. The fraction of sp³-hybridized carbons (Fsp3) is 0.484. The normalized spacial score (nSPS) is 23.5. The number of anilines is 2. The van der Waals surface area contributed by atoms with Crippen molar-refractivity contribution in [3.05, 3.63) is 60.2 Å².